The van der Waals surface area contributed by atoms with Crippen LogP contribution in [0.15, 0.2) is 46.9 Å². The van der Waals surface area contributed by atoms with Gasteiger partial charge in [-0.25, -0.2) is 0 Å². The quantitative estimate of drug-likeness (QED) is 0.756. The zero-order valence-electron chi connectivity index (χ0n) is 11.6. The summed E-state index contributed by atoms with van der Waals surface area (Å²) in [5.74, 6) is -0.0964. The summed E-state index contributed by atoms with van der Waals surface area (Å²) in [6.07, 6.45) is 2.54. The highest BCUT2D eigenvalue weighted by Gasteiger charge is 2.40. The lowest BCUT2D eigenvalue weighted by Crippen LogP contribution is -2.56. The van der Waals surface area contributed by atoms with Crippen molar-refractivity contribution in [2.75, 3.05) is 5.32 Å². The van der Waals surface area contributed by atoms with Crippen molar-refractivity contribution in [3.63, 3.8) is 0 Å². The van der Waals surface area contributed by atoms with Crippen LogP contribution in [0.3, 0.4) is 0 Å². The van der Waals surface area contributed by atoms with Crippen molar-refractivity contribution in [3.05, 3.63) is 42.5 Å². The summed E-state index contributed by atoms with van der Waals surface area (Å²) in [6.45, 7) is 0. The van der Waals surface area contributed by atoms with Gasteiger partial charge in [-0.15, -0.1) is 0 Å². The zero-order chi connectivity index (χ0) is 14.4. The van der Waals surface area contributed by atoms with Gasteiger partial charge in [0.1, 0.15) is 11.2 Å². The zero-order valence-corrected chi connectivity index (χ0v) is 11.6. The summed E-state index contributed by atoms with van der Waals surface area (Å²) in [6, 6.07) is 13.6. The fourth-order valence-electron chi connectivity index (χ4n) is 2.84. The number of nitrogens with two attached hydrogens (primary N) is 1. The fraction of sp³-hybridized carbons (Fsp3) is 0.235. The highest BCUT2D eigenvalue weighted by molar-refractivity contribution is 6.07. The Morgan fingerprint density at radius 1 is 1.10 bits per heavy atom. The highest BCUT2D eigenvalue weighted by Crippen LogP contribution is 2.33. The molecule has 0 aliphatic heterocycles. The molecule has 1 fully saturated rings. The normalized spacial score (nSPS) is 16.8. The summed E-state index contributed by atoms with van der Waals surface area (Å²) in [4.78, 5) is 12.2. The second kappa shape index (κ2) is 4.33. The van der Waals surface area contributed by atoms with E-state index in [9.17, 15) is 4.79 Å². The van der Waals surface area contributed by atoms with Crippen molar-refractivity contribution in [1.82, 2.24) is 0 Å². The number of benzene rings is 2. The topological polar surface area (TPSA) is 68.3 Å². The van der Waals surface area contributed by atoms with E-state index in [4.69, 9.17) is 10.2 Å². The maximum absolute atomic E-state index is 12.2. The van der Waals surface area contributed by atoms with Gasteiger partial charge in [0.2, 0.25) is 5.91 Å². The number of fused-ring (bicyclic) bond motifs is 3. The monoisotopic (exact) mass is 280 g/mol. The van der Waals surface area contributed by atoms with Gasteiger partial charge in [0.25, 0.3) is 0 Å². The molecular weight excluding hydrogens is 264 g/mol. The molecule has 3 N–H and O–H groups in total. The maximum Gasteiger partial charge on any atom is 0.244 e. The van der Waals surface area contributed by atoms with E-state index >= 15 is 0 Å². The Morgan fingerprint density at radius 3 is 2.62 bits per heavy atom. The molecule has 1 aliphatic rings. The number of rotatable bonds is 2. The average Bonchev–Trinajstić information content (AvgIpc) is 2.83. The number of amides is 1. The van der Waals surface area contributed by atoms with Crippen LogP contribution in [-0.2, 0) is 4.79 Å². The van der Waals surface area contributed by atoms with Crippen LogP contribution in [0.4, 0.5) is 5.69 Å². The summed E-state index contributed by atoms with van der Waals surface area (Å²) in [7, 11) is 0. The van der Waals surface area contributed by atoms with Crippen molar-refractivity contribution < 1.29 is 9.21 Å². The predicted molar refractivity (Wildman–Crippen MR) is 83.1 cm³/mol. The van der Waals surface area contributed by atoms with Gasteiger partial charge in [0.05, 0.1) is 5.54 Å². The second-order valence-electron chi connectivity index (χ2n) is 5.77. The minimum Gasteiger partial charge on any atom is -0.456 e. The molecule has 0 bridgehead atoms. The first-order chi connectivity index (χ1) is 10.2. The van der Waals surface area contributed by atoms with Crippen LogP contribution in [0.2, 0.25) is 0 Å². The van der Waals surface area contributed by atoms with Gasteiger partial charge in [-0.05, 0) is 43.5 Å². The molecule has 0 spiro atoms. The van der Waals surface area contributed by atoms with E-state index in [1.165, 1.54) is 0 Å². The third-order valence-corrected chi connectivity index (χ3v) is 4.33. The van der Waals surface area contributed by atoms with E-state index < -0.39 is 5.54 Å². The summed E-state index contributed by atoms with van der Waals surface area (Å²) >= 11 is 0. The molecule has 3 aromatic rings. The van der Waals surface area contributed by atoms with Crippen molar-refractivity contribution in [1.29, 1.82) is 0 Å². The van der Waals surface area contributed by atoms with Gasteiger partial charge in [0, 0.05) is 16.5 Å². The van der Waals surface area contributed by atoms with Gasteiger partial charge in [-0.1, -0.05) is 18.2 Å². The molecule has 0 unspecified atom stereocenters. The predicted octanol–water partition coefficient (Wildman–Crippen LogP) is 3.41. The Kier molecular flexibility index (Phi) is 2.56. The lowest BCUT2D eigenvalue weighted by atomic mass is 9.77. The Morgan fingerprint density at radius 2 is 1.86 bits per heavy atom. The number of nitrogens with one attached hydrogen (secondary N) is 1. The van der Waals surface area contributed by atoms with E-state index in [-0.39, 0.29) is 5.91 Å². The van der Waals surface area contributed by atoms with E-state index in [1.54, 1.807) is 0 Å². The molecule has 4 nitrogen and oxygen atoms in total. The van der Waals surface area contributed by atoms with Gasteiger partial charge >= 0.3 is 0 Å². The molecule has 2 aromatic carbocycles. The fourth-order valence-corrected chi connectivity index (χ4v) is 2.84. The lowest BCUT2D eigenvalue weighted by Gasteiger charge is -2.36. The van der Waals surface area contributed by atoms with E-state index in [2.05, 4.69) is 5.32 Å². The van der Waals surface area contributed by atoms with Gasteiger partial charge in [-0.2, -0.15) is 0 Å². The molecule has 0 atom stereocenters. The van der Waals surface area contributed by atoms with Gasteiger partial charge in [0.15, 0.2) is 0 Å². The number of carbonyl (C=O) groups excluding carboxylic acids is 1. The minimum absolute atomic E-state index is 0.0964. The van der Waals surface area contributed by atoms with Crippen LogP contribution in [0, 0.1) is 0 Å². The van der Waals surface area contributed by atoms with Crippen LogP contribution < -0.4 is 11.1 Å². The molecule has 1 saturated carbocycles. The molecule has 1 heterocycles. The van der Waals surface area contributed by atoms with E-state index in [1.807, 2.05) is 42.5 Å². The molecule has 4 rings (SSSR count). The smallest absolute Gasteiger partial charge is 0.244 e. The molecule has 1 aliphatic carbocycles. The Balaban J connectivity index is 1.73. The van der Waals surface area contributed by atoms with Crippen LogP contribution in [0.5, 0.6) is 0 Å². The molecule has 1 aromatic heterocycles. The van der Waals surface area contributed by atoms with Crippen molar-refractivity contribution in [3.8, 4) is 0 Å². The standard InChI is InChI=1S/C17H16N2O2/c18-17(8-3-9-17)16(20)19-11-6-7-15-13(10-11)12-4-1-2-5-14(12)21-15/h1-2,4-7,10H,3,8-9,18H2,(H,19,20). The molecule has 106 valence electrons. The third kappa shape index (κ3) is 1.91. The van der Waals surface area contributed by atoms with Crippen LogP contribution >= 0.6 is 0 Å². The number of anilines is 1. The number of furan rings is 1. The summed E-state index contributed by atoms with van der Waals surface area (Å²) in [5, 5.41) is 4.98. The molecule has 0 saturated heterocycles. The van der Waals surface area contributed by atoms with E-state index in [0.29, 0.717) is 0 Å². The highest BCUT2D eigenvalue weighted by atomic mass is 16.3. The van der Waals surface area contributed by atoms with Crippen LogP contribution in [0.25, 0.3) is 21.9 Å². The third-order valence-electron chi connectivity index (χ3n) is 4.33. The Hall–Kier alpha value is -2.33. The van der Waals surface area contributed by atoms with Crippen LogP contribution in [0.1, 0.15) is 19.3 Å². The lowest BCUT2D eigenvalue weighted by molar-refractivity contribution is -0.123. The van der Waals surface area contributed by atoms with Gasteiger partial charge in [-0.3, -0.25) is 4.79 Å². The summed E-state index contributed by atoms with van der Waals surface area (Å²) in [5.41, 5.74) is 7.79. The van der Waals surface area contributed by atoms with Gasteiger partial charge < -0.3 is 15.5 Å². The molecule has 4 heteroatoms. The number of carbonyl (C=O) groups is 1. The number of hydrogen-bond acceptors (Lipinski definition) is 3. The first-order valence-corrected chi connectivity index (χ1v) is 7.17. The molecule has 21 heavy (non-hydrogen) atoms. The average molecular weight is 280 g/mol. The van der Waals surface area contributed by atoms with Crippen LogP contribution in [-0.4, -0.2) is 11.4 Å². The second-order valence-corrected chi connectivity index (χ2v) is 5.77. The molecule has 0 radical (unpaired) electrons. The van der Waals surface area contributed by atoms with E-state index in [0.717, 1.165) is 46.9 Å². The Labute approximate surface area is 121 Å². The molecular formula is C17H16N2O2. The maximum atomic E-state index is 12.2. The Bertz CT molecular complexity index is 846. The first-order valence-electron chi connectivity index (χ1n) is 7.17. The van der Waals surface area contributed by atoms with Crippen molar-refractivity contribution >= 4 is 33.5 Å². The van der Waals surface area contributed by atoms with Crippen molar-refractivity contribution in [2.24, 2.45) is 5.73 Å². The number of para-hydroxylation sites is 1. The van der Waals surface area contributed by atoms with Crippen molar-refractivity contribution in [2.45, 2.75) is 24.8 Å². The minimum atomic E-state index is -0.687. The largest absolute Gasteiger partial charge is 0.456 e. The SMILES string of the molecule is NC1(C(=O)Nc2ccc3oc4ccccc4c3c2)CCC1. The summed E-state index contributed by atoms with van der Waals surface area (Å²) < 4.78 is 5.77. The molecule has 1 amide bonds. The number of hydrogen-bond donors (Lipinski definition) is 2. The first kappa shape index (κ1) is 12.4.